The molecule has 0 spiro atoms. The number of nitrogens with zero attached hydrogens (tertiary/aromatic N) is 2. The van der Waals surface area contributed by atoms with Gasteiger partial charge in [0, 0.05) is 11.9 Å². The lowest BCUT2D eigenvalue weighted by molar-refractivity contribution is -0.274. The van der Waals surface area contributed by atoms with Crippen LogP contribution in [0.1, 0.15) is 28.9 Å². The highest BCUT2D eigenvalue weighted by atomic mass is 32.2. The summed E-state index contributed by atoms with van der Waals surface area (Å²) in [5.41, 5.74) is 0.626. The second kappa shape index (κ2) is 10.1. The topological polar surface area (TPSA) is 80.9 Å². The number of aromatic nitrogens is 2. The molecule has 2 aromatic heterocycles. The second-order valence-electron chi connectivity index (χ2n) is 7.93. The Labute approximate surface area is 197 Å². The van der Waals surface area contributed by atoms with Crippen molar-refractivity contribution in [3.05, 3.63) is 65.1 Å². The van der Waals surface area contributed by atoms with Gasteiger partial charge < -0.3 is 14.2 Å². The molecule has 1 aromatic carbocycles. The molecular formula is C22H22F6N2O4S. The summed E-state index contributed by atoms with van der Waals surface area (Å²) in [6.45, 7) is 1.05. The van der Waals surface area contributed by atoms with Gasteiger partial charge in [-0.3, -0.25) is 0 Å². The first-order chi connectivity index (χ1) is 16.2. The van der Waals surface area contributed by atoms with Gasteiger partial charge in [0.25, 0.3) is 0 Å². The molecule has 0 bridgehead atoms. The predicted octanol–water partition coefficient (Wildman–Crippen LogP) is 4.51. The fraction of sp³-hybridized carbons (Fsp3) is 0.409. The summed E-state index contributed by atoms with van der Waals surface area (Å²) < 4.78 is 107. The minimum Gasteiger partial charge on any atom is -0.406 e. The molecule has 0 aliphatic rings. The third-order valence-corrected chi connectivity index (χ3v) is 7.67. The van der Waals surface area contributed by atoms with Crippen molar-refractivity contribution < 1.29 is 44.6 Å². The number of ether oxygens (including phenoxy) is 1. The average Bonchev–Trinajstić information content (AvgIpc) is 3.05. The molecule has 0 radical (unpaired) electrons. The molecule has 1 unspecified atom stereocenters. The van der Waals surface area contributed by atoms with Crippen LogP contribution in [0.3, 0.4) is 0 Å². The van der Waals surface area contributed by atoms with E-state index < -0.39 is 51.3 Å². The number of fused-ring (bicyclic) bond motifs is 1. The zero-order chi connectivity index (χ0) is 26.0. The first-order valence-electron chi connectivity index (χ1n) is 10.4. The van der Waals surface area contributed by atoms with Gasteiger partial charge in [-0.2, -0.15) is 13.2 Å². The van der Waals surface area contributed by atoms with Crippen LogP contribution in [0.15, 0.2) is 42.6 Å². The van der Waals surface area contributed by atoms with E-state index in [1.165, 1.54) is 22.7 Å². The SMILES string of the molecule is Cc1c(CCC(Cc2ccc(OC(F)(F)F)cc2)S(=O)(=O)CCO)nc2cc(C(F)(F)F)ccn12. The molecule has 0 fully saturated rings. The number of aliphatic hydroxyl groups excluding tert-OH is 1. The molecule has 1 atom stereocenters. The molecule has 3 rings (SSSR count). The molecule has 0 aliphatic heterocycles. The number of benzene rings is 1. The molecule has 2 heterocycles. The summed E-state index contributed by atoms with van der Waals surface area (Å²) in [7, 11) is -3.79. The molecule has 0 saturated heterocycles. The molecule has 1 N–H and O–H groups in total. The van der Waals surface area contributed by atoms with Gasteiger partial charge in [-0.25, -0.2) is 13.4 Å². The summed E-state index contributed by atoms with van der Waals surface area (Å²) in [5, 5.41) is 8.17. The number of hydrogen-bond donors (Lipinski definition) is 1. The van der Waals surface area contributed by atoms with Crippen molar-refractivity contribution in [1.82, 2.24) is 9.38 Å². The number of pyridine rings is 1. The van der Waals surface area contributed by atoms with Crippen LogP contribution in [0.5, 0.6) is 5.75 Å². The minimum atomic E-state index is -4.86. The first-order valence-corrected chi connectivity index (χ1v) is 12.1. The van der Waals surface area contributed by atoms with Crippen LogP contribution in [0.4, 0.5) is 26.3 Å². The van der Waals surface area contributed by atoms with Gasteiger partial charge in [0.15, 0.2) is 9.84 Å². The predicted molar refractivity (Wildman–Crippen MR) is 115 cm³/mol. The lowest BCUT2D eigenvalue weighted by Gasteiger charge is -2.17. The Hall–Kier alpha value is -2.80. The van der Waals surface area contributed by atoms with E-state index in [9.17, 15) is 34.8 Å². The molecular weight excluding hydrogens is 502 g/mol. The summed E-state index contributed by atoms with van der Waals surface area (Å²) in [4.78, 5) is 4.23. The van der Waals surface area contributed by atoms with E-state index in [0.717, 1.165) is 24.3 Å². The molecule has 3 aromatic rings. The van der Waals surface area contributed by atoms with Crippen molar-refractivity contribution in [2.24, 2.45) is 0 Å². The number of aliphatic hydroxyl groups is 1. The van der Waals surface area contributed by atoms with E-state index in [4.69, 9.17) is 5.11 Å². The summed E-state index contributed by atoms with van der Waals surface area (Å²) in [6.07, 6.45) is -8.03. The first kappa shape index (κ1) is 26.8. The van der Waals surface area contributed by atoms with Gasteiger partial charge in [-0.15, -0.1) is 13.2 Å². The van der Waals surface area contributed by atoms with Gasteiger partial charge in [-0.1, -0.05) is 12.1 Å². The lowest BCUT2D eigenvalue weighted by atomic mass is 10.0. The highest BCUT2D eigenvalue weighted by Gasteiger charge is 2.32. The van der Waals surface area contributed by atoms with E-state index in [-0.39, 0.29) is 24.9 Å². The van der Waals surface area contributed by atoms with Crippen molar-refractivity contribution in [3.8, 4) is 5.75 Å². The van der Waals surface area contributed by atoms with Gasteiger partial charge in [0.2, 0.25) is 0 Å². The van der Waals surface area contributed by atoms with Gasteiger partial charge in [-0.05, 0) is 56.0 Å². The maximum Gasteiger partial charge on any atom is 0.573 e. The van der Waals surface area contributed by atoms with Gasteiger partial charge in [0.05, 0.1) is 28.9 Å². The standard InChI is InChI=1S/C22H22F6N2O4S/c1-14-19(29-20-13-16(21(23,24)25)8-9-30(14)20)7-6-18(35(32,33)11-10-31)12-15-2-4-17(5-3-15)34-22(26,27)28/h2-5,8-9,13,18,31H,6-7,10-12H2,1H3. The van der Waals surface area contributed by atoms with Crippen molar-refractivity contribution >= 4 is 15.5 Å². The van der Waals surface area contributed by atoms with Crippen LogP contribution in [0.2, 0.25) is 0 Å². The molecule has 13 heteroatoms. The fourth-order valence-corrected chi connectivity index (χ4v) is 5.23. The van der Waals surface area contributed by atoms with Crippen LogP contribution in [0.25, 0.3) is 5.65 Å². The van der Waals surface area contributed by atoms with Crippen LogP contribution in [-0.4, -0.2) is 46.9 Å². The highest BCUT2D eigenvalue weighted by Crippen LogP contribution is 2.30. The van der Waals surface area contributed by atoms with Crippen LogP contribution >= 0.6 is 0 Å². The van der Waals surface area contributed by atoms with E-state index in [2.05, 4.69) is 9.72 Å². The van der Waals surface area contributed by atoms with Crippen molar-refractivity contribution in [2.75, 3.05) is 12.4 Å². The number of sulfone groups is 1. The van der Waals surface area contributed by atoms with E-state index in [1.54, 1.807) is 6.92 Å². The van der Waals surface area contributed by atoms with Crippen LogP contribution in [0, 0.1) is 6.92 Å². The average molecular weight is 524 g/mol. The number of alkyl halides is 6. The van der Waals surface area contributed by atoms with E-state index in [1.807, 2.05) is 0 Å². The zero-order valence-corrected chi connectivity index (χ0v) is 19.2. The Bertz CT molecular complexity index is 1270. The largest absolute Gasteiger partial charge is 0.573 e. The maximum absolute atomic E-state index is 13.0. The Morgan fingerprint density at radius 1 is 1.09 bits per heavy atom. The zero-order valence-electron chi connectivity index (χ0n) is 18.4. The normalized spacial score (nSPS) is 13.8. The summed E-state index contributed by atoms with van der Waals surface area (Å²) in [5.74, 6) is -0.957. The van der Waals surface area contributed by atoms with Gasteiger partial charge in [0.1, 0.15) is 11.4 Å². The monoisotopic (exact) mass is 524 g/mol. The maximum atomic E-state index is 13.0. The third kappa shape index (κ3) is 6.88. The van der Waals surface area contributed by atoms with E-state index >= 15 is 0 Å². The van der Waals surface area contributed by atoms with E-state index in [0.29, 0.717) is 17.0 Å². The number of rotatable bonds is 9. The molecule has 35 heavy (non-hydrogen) atoms. The van der Waals surface area contributed by atoms with Crippen molar-refractivity contribution in [1.29, 1.82) is 0 Å². The van der Waals surface area contributed by atoms with Crippen molar-refractivity contribution in [2.45, 2.75) is 44.0 Å². The smallest absolute Gasteiger partial charge is 0.406 e. The Morgan fingerprint density at radius 3 is 2.31 bits per heavy atom. The third-order valence-electron chi connectivity index (χ3n) is 5.50. The fourth-order valence-electron chi connectivity index (χ4n) is 3.72. The van der Waals surface area contributed by atoms with Gasteiger partial charge >= 0.3 is 12.5 Å². The minimum absolute atomic E-state index is 0.0417. The number of halogens is 6. The number of imidazole rings is 1. The molecule has 192 valence electrons. The molecule has 0 saturated carbocycles. The number of aryl methyl sites for hydroxylation is 2. The Balaban J connectivity index is 1.81. The van der Waals surface area contributed by atoms with Crippen molar-refractivity contribution in [3.63, 3.8) is 0 Å². The van der Waals surface area contributed by atoms with Crippen LogP contribution in [-0.2, 0) is 28.9 Å². The number of hydrogen-bond acceptors (Lipinski definition) is 5. The van der Waals surface area contributed by atoms with Crippen LogP contribution < -0.4 is 4.74 Å². The second-order valence-corrected chi connectivity index (χ2v) is 10.3. The lowest BCUT2D eigenvalue weighted by Crippen LogP contribution is -2.28. The molecule has 0 aliphatic carbocycles. The highest BCUT2D eigenvalue weighted by molar-refractivity contribution is 7.92. The molecule has 6 nitrogen and oxygen atoms in total. The quantitative estimate of drug-likeness (QED) is 0.417. The summed E-state index contributed by atoms with van der Waals surface area (Å²) in [6, 6.07) is 6.61. The molecule has 0 amide bonds. The Kier molecular flexibility index (Phi) is 7.70. The summed E-state index contributed by atoms with van der Waals surface area (Å²) >= 11 is 0. The Morgan fingerprint density at radius 2 is 1.74 bits per heavy atom.